The molecule has 7 heteroatoms. The first-order chi connectivity index (χ1) is 13.9. The molecule has 154 valence electrons. The monoisotopic (exact) mass is 415 g/mol. The van der Waals surface area contributed by atoms with Crippen LogP contribution in [0.1, 0.15) is 41.5 Å². The zero-order valence-corrected chi connectivity index (χ0v) is 17.6. The lowest BCUT2D eigenvalue weighted by molar-refractivity contribution is -0.129. The van der Waals surface area contributed by atoms with E-state index in [0.717, 1.165) is 0 Å². The number of methoxy groups -OCH3 is 1. The van der Waals surface area contributed by atoms with Gasteiger partial charge >= 0.3 is 0 Å². The lowest BCUT2D eigenvalue weighted by Crippen LogP contribution is -2.32. The summed E-state index contributed by atoms with van der Waals surface area (Å²) in [4.78, 5) is 28.0. The highest BCUT2D eigenvalue weighted by molar-refractivity contribution is 7.12. The third-order valence-electron chi connectivity index (χ3n) is 4.70. The maximum absolute atomic E-state index is 13.1. The Kier molecular flexibility index (Phi) is 6.71. The van der Waals surface area contributed by atoms with Crippen molar-refractivity contribution in [2.45, 2.75) is 32.4 Å². The molecule has 1 aliphatic heterocycles. The standard InChI is InChI=1S/C22H25NO5S/c1-14(2)28-11-6-10-23-19(15-7-4-8-16(13-15)27-3)18(21(25)22(23)26)20(24)17-9-5-12-29-17/h4-5,7-9,12-14,19,25H,6,10-11H2,1-3H3/t19-/m1/s1. The Bertz CT molecular complexity index is 904. The lowest BCUT2D eigenvalue weighted by atomic mass is 9.95. The van der Waals surface area contributed by atoms with Crippen molar-refractivity contribution in [2.75, 3.05) is 20.3 Å². The molecule has 0 aliphatic carbocycles. The number of thiophene rings is 1. The number of hydrogen-bond donors (Lipinski definition) is 1. The summed E-state index contributed by atoms with van der Waals surface area (Å²) in [6, 6.07) is 10.0. The minimum atomic E-state index is -0.675. The van der Waals surface area contributed by atoms with Crippen LogP contribution in [0.5, 0.6) is 5.75 Å². The number of rotatable bonds is 9. The summed E-state index contributed by atoms with van der Waals surface area (Å²) >= 11 is 1.28. The Morgan fingerprint density at radius 1 is 1.28 bits per heavy atom. The van der Waals surface area contributed by atoms with Crippen LogP contribution >= 0.6 is 11.3 Å². The van der Waals surface area contributed by atoms with Gasteiger partial charge in [-0.25, -0.2) is 0 Å². The number of ketones is 1. The van der Waals surface area contributed by atoms with Crippen molar-refractivity contribution < 1.29 is 24.2 Å². The summed E-state index contributed by atoms with van der Waals surface area (Å²) in [7, 11) is 1.56. The fraction of sp³-hybridized carbons (Fsp3) is 0.364. The maximum Gasteiger partial charge on any atom is 0.290 e. The number of Topliss-reactive ketones (excluding diaryl/α,β-unsaturated/α-hetero) is 1. The largest absolute Gasteiger partial charge is 0.503 e. The molecule has 1 aromatic heterocycles. The van der Waals surface area contributed by atoms with E-state index in [-0.39, 0.29) is 17.5 Å². The number of carbonyl (C=O) groups excluding carboxylic acids is 2. The van der Waals surface area contributed by atoms with Crippen LogP contribution in [0.15, 0.2) is 53.1 Å². The smallest absolute Gasteiger partial charge is 0.290 e. The molecule has 0 bridgehead atoms. The van der Waals surface area contributed by atoms with Crippen LogP contribution in [0, 0.1) is 0 Å². The van der Waals surface area contributed by atoms with Gasteiger partial charge in [-0.05, 0) is 49.4 Å². The second-order valence-electron chi connectivity index (χ2n) is 7.02. The van der Waals surface area contributed by atoms with E-state index in [2.05, 4.69) is 0 Å². The van der Waals surface area contributed by atoms with Gasteiger partial charge in [0, 0.05) is 13.2 Å². The molecule has 0 spiro atoms. The van der Waals surface area contributed by atoms with E-state index in [1.807, 2.05) is 19.9 Å². The highest BCUT2D eigenvalue weighted by Gasteiger charge is 2.43. The molecule has 1 N–H and O–H groups in total. The molecule has 2 heterocycles. The molecular weight excluding hydrogens is 390 g/mol. The number of aliphatic hydroxyl groups excluding tert-OH is 1. The molecule has 0 unspecified atom stereocenters. The van der Waals surface area contributed by atoms with Crippen LogP contribution in [-0.4, -0.2) is 48.1 Å². The number of nitrogens with zero attached hydrogens (tertiary/aromatic N) is 1. The number of carbonyl (C=O) groups is 2. The van der Waals surface area contributed by atoms with Gasteiger partial charge in [0.25, 0.3) is 5.91 Å². The Balaban J connectivity index is 1.96. The number of aliphatic hydroxyl groups is 1. The third kappa shape index (κ3) is 4.52. The molecule has 0 fully saturated rings. The topological polar surface area (TPSA) is 76.1 Å². The van der Waals surface area contributed by atoms with E-state index >= 15 is 0 Å². The van der Waals surface area contributed by atoms with Crippen molar-refractivity contribution in [1.82, 2.24) is 4.90 Å². The van der Waals surface area contributed by atoms with Crippen molar-refractivity contribution in [3.8, 4) is 5.75 Å². The van der Waals surface area contributed by atoms with Gasteiger partial charge in [0.05, 0.1) is 29.7 Å². The predicted octanol–water partition coefficient (Wildman–Crippen LogP) is 4.15. The number of hydrogen-bond acceptors (Lipinski definition) is 6. The van der Waals surface area contributed by atoms with Gasteiger partial charge in [-0.2, -0.15) is 0 Å². The summed E-state index contributed by atoms with van der Waals surface area (Å²) < 4.78 is 10.9. The number of ether oxygens (including phenoxy) is 2. The first kappa shape index (κ1) is 21.1. The number of amides is 1. The molecular formula is C22H25NO5S. The molecule has 1 aliphatic rings. The molecule has 1 amide bonds. The van der Waals surface area contributed by atoms with E-state index in [4.69, 9.17) is 9.47 Å². The van der Waals surface area contributed by atoms with Crippen molar-refractivity contribution in [3.63, 3.8) is 0 Å². The molecule has 0 saturated carbocycles. The second kappa shape index (κ2) is 9.24. The lowest BCUT2D eigenvalue weighted by Gasteiger charge is -2.27. The fourth-order valence-electron chi connectivity index (χ4n) is 3.37. The van der Waals surface area contributed by atoms with Crippen molar-refractivity contribution in [2.24, 2.45) is 0 Å². The second-order valence-corrected chi connectivity index (χ2v) is 7.97. The quantitative estimate of drug-likeness (QED) is 0.492. The zero-order valence-electron chi connectivity index (χ0n) is 16.8. The molecule has 6 nitrogen and oxygen atoms in total. The van der Waals surface area contributed by atoms with Gasteiger partial charge in [-0.15, -0.1) is 11.3 Å². The average Bonchev–Trinajstić information content (AvgIpc) is 3.33. The van der Waals surface area contributed by atoms with E-state index in [1.165, 1.54) is 16.2 Å². The summed E-state index contributed by atoms with van der Waals surface area (Å²) in [5.41, 5.74) is 0.821. The maximum atomic E-state index is 13.1. The highest BCUT2D eigenvalue weighted by atomic mass is 32.1. The summed E-state index contributed by atoms with van der Waals surface area (Å²) in [6.07, 6.45) is 0.693. The molecule has 0 radical (unpaired) electrons. The van der Waals surface area contributed by atoms with E-state index in [1.54, 1.807) is 42.8 Å². The van der Waals surface area contributed by atoms with E-state index < -0.39 is 17.7 Å². The molecule has 1 aromatic carbocycles. The third-order valence-corrected chi connectivity index (χ3v) is 5.57. The van der Waals surface area contributed by atoms with Gasteiger partial charge in [0.1, 0.15) is 5.75 Å². The fourth-order valence-corrected chi connectivity index (χ4v) is 4.05. The van der Waals surface area contributed by atoms with Crippen LogP contribution in [-0.2, 0) is 9.53 Å². The first-order valence-corrected chi connectivity index (χ1v) is 10.4. The van der Waals surface area contributed by atoms with Crippen molar-refractivity contribution in [3.05, 3.63) is 63.6 Å². The average molecular weight is 416 g/mol. The molecule has 29 heavy (non-hydrogen) atoms. The summed E-state index contributed by atoms with van der Waals surface area (Å²) in [5.74, 6) is -0.741. The van der Waals surface area contributed by atoms with Gasteiger partial charge in [0.15, 0.2) is 5.76 Å². The normalized spacial score (nSPS) is 16.8. The zero-order chi connectivity index (χ0) is 21.0. The Labute approximate surface area is 174 Å². The first-order valence-electron chi connectivity index (χ1n) is 9.52. The van der Waals surface area contributed by atoms with Crippen LogP contribution in [0.25, 0.3) is 0 Å². The van der Waals surface area contributed by atoms with Crippen LogP contribution in [0.4, 0.5) is 0 Å². The SMILES string of the molecule is COc1cccc([C@@H]2C(C(=O)c3cccs3)=C(O)C(=O)N2CCCOC(C)C)c1. The van der Waals surface area contributed by atoms with E-state index in [0.29, 0.717) is 35.8 Å². The molecule has 0 saturated heterocycles. The van der Waals surface area contributed by atoms with Gasteiger partial charge < -0.3 is 19.5 Å². The van der Waals surface area contributed by atoms with E-state index in [9.17, 15) is 14.7 Å². The Hall–Kier alpha value is -2.64. The molecule has 1 atom stereocenters. The summed E-state index contributed by atoms with van der Waals surface area (Å²) in [5, 5.41) is 12.4. The highest BCUT2D eigenvalue weighted by Crippen LogP contribution is 2.40. The van der Waals surface area contributed by atoms with Crippen LogP contribution < -0.4 is 4.74 Å². The van der Waals surface area contributed by atoms with Gasteiger partial charge in [0.2, 0.25) is 5.78 Å². The van der Waals surface area contributed by atoms with Crippen LogP contribution in [0.3, 0.4) is 0 Å². The minimum Gasteiger partial charge on any atom is -0.503 e. The van der Waals surface area contributed by atoms with Crippen LogP contribution in [0.2, 0.25) is 0 Å². The molecule has 3 rings (SSSR count). The minimum absolute atomic E-state index is 0.0981. The molecule has 2 aromatic rings. The summed E-state index contributed by atoms with van der Waals surface area (Å²) in [6.45, 7) is 4.75. The van der Waals surface area contributed by atoms with Gasteiger partial charge in [-0.1, -0.05) is 18.2 Å². The van der Waals surface area contributed by atoms with Crippen molar-refractivity contribution >= 4 is 23.0 Å². The van der Waals surface area contributed by atoms with Gasteiger partial charge in [-0.3, -0.25) is 9.59 Å². The Morgan fingerprint density at radius 2 is 2.07 bits per heavy atom. The number of benzene rings is 1. The Morgan fingerprint density at radius 3 is 2.72 bits per heavy atom. The van der Waals surface area contributed by atoms with Crippen molar-refractivity contribution in [1.29, 1.82) is 0 Å². The predicted molar refractivity (Wildman–Crippen MR) is 111 cm³/mol.